The Labute approximate surface area is 166 Å². The van der Waals surface area contributed by atoms with Crippen molar-refractivity contribution in [3.8, 4) is 0 Å². The van der Waals surface area contributed by atoms with Crippen LogP contribution >= 0.6 is 11.6 Å². The van der Waals surface area contributed by atoms with Gasteiger partial charge >= 0.3 is 0 Å². The summed E-state index contributed by atoms with van der Waals surface area (Å²) in [5.74, 6) is 2.92. The number of nitrogens with zero attached hydrogens (tertiary/aromatic N) is 4. The number of rotatable bonds is 7. The number of pyridine rings is 1. The fourth-order valence-electron chi connectivity index (χ4n) is 3.15. The van der Waals surface area contributed by atoms with Gasteiger partial charge < -0.3 is 10.2 Å². The van der Waals surface area contributed by atoms with Crippen molar-refractivity contribution in [3.63, 3.8) is 0 Å². The van der Waals surface area contributed by atoms with Crippen LogP contribution in [0.3, 0.4) is 0 Å². The highest BCUT2D eigenvalue weighted by molar-refractivity contribution is 6.30. The number of halogens is 1. The zero-order valence-corrected chi connectivity index (χ0v) is 17.5. The van der Waals surface area contributed by atoms with E-state index in [4.69, 9.17) is 21.6 Å². The molecule has 2 heterocycles. The third kappa shape index (κ3) is 4.72. The van der Waals surface area contributed by atoms with Crippen LogP contribution in [-0.2, 0) is 7.05 Å². The van der Waals surface area contributed by atoms with Crippen LogP contribution in [0.4, 0.5) is 17.5 Å². The maximum atomic E-state index is 5.97. The van der Waals surface area contributed by atoms with Gasteiger partial charge in [0.2, 0.25) is 5.95 Å². The van der Waals surface area contributed by atoms with Crippen molar-refractivity contribution in [1.29, 1.82) is 0 Å². The molecule has 3 rings (SSSR count). The van der Waals surface area contributed by atoms with Crippen molar-refractivity contribution in [2.45, 2.75) is 27.7 Å². The van der Waals surface area contributed by atoms with Gasteiger partial charge in [0.15, 0.2) is 5.65 Å². The monoisotopic (exact) mass is 385 g/mol. The van der Waals surface area contributed by atoms with E-state index in [9.17, 15) is 0 Å². The van der Waals surface area contributed by atoms with Crippen molar-refractivity contribution in [2.75, 3.05) is 23.3 Å². The molecular formula is C21H28ClN5. The van der Waals surface area contributed by atoms with Crippen LogP contribution in [0.15, 0.2) is 36.4 Å². The Balaban J connectivity index is 1.92. The van der Waals surface area contributed by atoms with E-state index in [0.717, 1.165) is 41.7 Å². The third-order valence-electron chi connectivity index (χ3n) is 4.30. The average Bonchev–Trinajstić information content (AvgIpc) is 2.91. The molecule has 0 saturated carbocycles. The number of fused-ring (bicyclic) bond motifs is 1. The molecule has 3 aromatic rings. The maximum Gasteiger partial charge on any atom is 0.209 e. The molecule has 6 heteroatoms. The van der Waals surface area contributed by atoms with Crippen LogP contribution in [-0.4, -0.2) is 27.6 Å². The topological polar surface area (TPSA) is 46.0 Å². The third-order valence-corrected chi connectivity index (χ3v) is 4.55. The van der Waals surface area contributed by atoms with Gasteiger partial charge in [0, 0.05) is 30.8 Å². The van der Waals surface area contributed by atoms with Gasteiger partial charge in [-0.25, -0.2) is 9.97 Å². The molecule has 0 aliphatic rings. The Morgan fingerprint density at radius 1 is 0.963 bits per heavy atom. The first-order valence-electron chi connectivity index (χ1n) is 9.44. The maximum absolute atomic E-state index is 5.97. The lowest BCUT2D eigenvalue weighted by Crippen LogP contribution is -2.32. The molecule has 27 heavy (non-hydrogen) atoms. The van der Waals surface area contributed by atoms with Gasteiger partial charge in [0.1, 0.15) is 11.3 Å². The molecule has 0 fully saturated rings. The molecule has 1 aromatic carbocycles. The quantitative estimate of drug-likeness (QED) is 0.584. The van der Waals surface area contributed by atoms with Gasteiger partial charge in [-0.15, -0.1) is 0 Å². The number of hydrogen-bond acceptors (Lipinski definition) is 4. The lowest BCUT2D eigenvalue weighted by molar-refractivity contribution is 0.549. The summed E-state index contributed by atoms with van der Waals surface area (Å²) in [6.45, 7) is 10.9. The van der Waals surface area contributed by atoms with Gasteiger partial charge in [-0.3, -0.25) is 4.57 Å². The van der Waals surface area contributed by atoms with Crippen molar-refractivity contribution in [2.24, 2.45) is 18.9 Å². The van der Waals surface area contributed by atoms with Gasteiger partial charge in [-0.2, -0.15) is 0 Å². The van der Waals surface area contributed by atoms with E-state index in [1.54, 1.807) is 0 Å². The number of nitrogens with one attached hydrogen (secondary N) is 1. The van der Waals surface area contributed by atoms with Gasteiger partial charge in [-0.05, 0) is 48.2 Å². The molecule has 0 unspecified atom stereocenters. The van der Waals surface area contributed by atoms with E-state index in [2.05, 4.69) is 50.0 Å². The number of imidazole rings is 1. The van der Waals surface area contributed by atoms with E-state index in [1.807, 2.05) is 35.9 Å². The minimum absolute atomic E-state index is 0.579. The number of hydrogen-bond donors (Lipinski definition) is 1. The second-order valence-corrected chi connectivity index (χ2v) is 8.27. The molecule has 0 bridgehead atoms. The van der Waals surface area contributed by atoms with Crippen LogP contribution < -0.4 is 10.2 Å². The fraction of sp³-hybridized carbons (Fsp3) is 0.429. The van der Waals surface area contributed by atoms with Crippen molar-refractivity contribution >= 4 is 40.2 Å². The first-order valence-corrected chi connectivity index (χ1v) is 9.82. The van der Waals surface area contributed by atoms with Crippen LogP contribution in [0.25, 0.3) is 11.2 Å². The minimum Gasteiger partial charge on any atom is -0.356 e. The summed E-state index contributed by atoms with van der Waals surface area (Å²) in [7, 11) is 1.99. The second-order valence-electron chi connectivity index (χ2n) is 7.83. The molecule has 0 amide bonds. The molecule has 2 aromatic heterocycles. The van der Waals surface area contributed by atoms with E-state index >= 15 is 0 Å². The summed E-state index contributed by atoms with van der Waals surface area (Å²) in [6, 6.07) is 11.7. The molecule has 0 atom stereocenters. The van der Waals surface area contributed by atoms with E-state index in [1.165, 1.54) is 0 Å². The zero-order chi connectivity index (χ0) is 19.6. The van der Waals surface area contributed by atoms with Gasteiger partial charge in [-0.1, -0.05) is 39.3 Å². The molecule has 0 radical (unpaired) electrons. The molecular weight excluding hydrogens is 358 g/mol. The first kappa shape index (κ1) is 19.5. The number of aryl methyl sites for hydroxylation is 1. The molecule has 5 nitrogen and oxygen atoms in total. The van der Waals surface area contributed by atoms with Crippen LogP contribution in [0.5, 0.6) is 0 Å². The standard InChI is InChI=1S/C21H28ClN5/c1-14(2)12-27(13-15(3)4)19-11-10-18-20(25-19)26(5)21(24-18)23-17-8-6-16(22)7-9-17/h6-11,14-15H,12-13H2,1-5H3,(H,23,24). The van der Waals surface area contributed by atoms with Gasteiger partial charge in [0.05, 0.1) is 0 Å². The fourth-order valence-corrected chi connectivity index (χ4v) is 3.27. The Morgan fingerprint density at radius 3 is 2.19 bits per heavy atom. The summed E-state index contributed by atoms with van der Waals surface area (Å²) in [5, 5.41) is 4.06. The number of aromatic nitrogens is 3. The predicted molar refractivity (Wildman–Crippen MR) is 115 cm³/mol. The smallest absolute Gasteiger partial charge is 0.209 e. The Bertz CT molecular complexity index is 889. The minimum atomic E-state index is 0.579. The van der Waals surface area contributed by atoms with Crippen molar-refractivity contribution in [3.05, 3.63) is 41.4 Å². The Morgan fingerprint density at radius 2 is 1.59 bits per heavy atom. The SMILES string of the molecule is CC(C)CN(CC(C)C)c1ccc2nc(Nc3ccc(Cl)cc3)n(C)c2n1. The van der Waals surface area contributed by atoms with Crippen molar-refractivity contribution < 1.29 is 0 Å². The van der Waals surface area contributed by atoms with E-state index in [0.29, 0.717) is 16.9 Å². The number of benzene rings is 1. The first-order chi connectivity index (χ1) is 12.8. The highest BCUT2D eigenvalue weighted by Crippen LogP contribution is 2.24. The normalized spacial score (nSPS) is 11.6. The van der Waals surface area contributed by atoms with E-state index in [-0.39, 0.29) is 0 Å². The second kappa shape index (κ2) is 8.17. The Kier molecular flexibility index (Phi) is 5.90. The van der Waals surface area contributed by atoms with Crippen LogP contribution in [0.1, 0.15) is 27.7 Å². The summed E-state index contributed by atoms with van der Waals surface area (Å²) in [6.07, 6.45) is 0. The molecule has 0 aliphatic heterocycles. The zero-order valence-electron chi connectivity index (χ0n) is 16.7. The van der Waals surface area contributed by atoms with Crippen LogP contribution in [0.2, 0.25) is 5.02 Å². The van der Waals surface area contributed by atoms with E-state index < -0.39 is 0 Å². The summed E-state index contributed by atoms with van der Waals surface area (Å²) in [4.78, 5) is 12.0. The summed E-state index contributed by atoms with van der Waals surface area (Å²) >= 11 is 5.97. The largest absolute Gasteiger partial charge is 0.356 e. The molecule has 1 N–H and O–H groups in total. The lowest BCUT2D eigenvalue weighted by Gasteiger charge is -2.27. The highest BCUT2D eigenvalue weighted by Gasteiger charge is 2.15. The summed E-state index contributed by atoms with van der Waals surface area (Å²) < 4.78 is 2.00. The molecule has 0 aliphatic carbocycles. The Hall–Kier alpha value is -2.27. The lowest BCUT2D eigenvalue weighted by atomic mass is 10.1. The van der Waals surface area contributed by atoms with Crippen LogP contribution in [0, 0.1) is 11.8 Å². The average molecular weight is 386 g/mol. The highest BCUT2D eigenvalue weighted by atomic mass is 35.5. The molecule has 0 saturated heterocycles. The predicted octanol–water partition coefficient (Wildman–Crippen LogP) is 5.48. The van der Waals surface area contributed by atoms with Crippen molar-refractivity contribution in [1.82, 2.24) is 14.5 Å². The van der Waals surface area contributed by atoms with Gasteiger partial charge in [0.25, 0.3) is 0 Å². The number of anilines is 3. The summed E-state index contributed by atoms with van der Waals surface area (Å²) in [5.41, 5.74) is 2.70. The molecule has 144 valence electrons. The molecule has 0 spiro atoms.